The molecule has 0 N–H and O–H groups in total. The number of hydrogen-bond acceptors (Lipinski definition) is 1. The van der Waals surface area contributed by atoms with Crippen molar-refractivity contribution in [3.05, 3.63) is 69.7 Å². The second-order valence-electron chi connectivity index (χ2n) is 5.64. The van der Waals surface area contributed by atoms with Crippen molar-refractivity contribution < 1.29 is 0 Å². The number of nitriles is 1. The Labute approximate surface area is 128 Å². The number of nitrogens with zero attached hydrogens (tertiary/aromatic N) is 1. The van der Waals surface area contributed by atoms with Crippen LogP contribution in [0.1, 0.15) is 23.1 Å². The second kappa shape index (κ2) is 5.42. The Hall–Kier alpha value is -1.59. The molecule has 0 fully saturated rings. The molecular weight excluding hydrogens is 310 g/mol. The van der Waals surface area contributed by atoms with Crippen molar-refractivity contribution in [1.29, 1.82) is 5.26 Å². The molecule has 0 aliphatic heterocycles. The van der Waals surface area contributed by atoms with Crippen LogP contribution in [0.2, 0.25) is 0 Å². The van der Waals surface area contributed by atoms with E-state index in [4.69, 9.17) is 0 Å². The fraction of sp³-hybridized carbons (Fsp3) is 0.278. The van der Waals surface area contributed by atoms with Gasteiger partial charge in [-0.15, -0.1) is 0 Å². The van der Waals surface area contributed by atoms with E-state index in [-0.39, 0.29) is 5.41 Å². The minimum absolute atomic E-state index is 0.255. The third-order valence-corrected chi connectivity index (χ3v) is 4.68. The van der Waals surface area contributed by atoms with Gasteiger partial charge in [-0.25, -0.2) is 0 Å². The molecule has 2 aromatic carbocycles. The van der Waals surface area contributed by atoms with Gasteiger partial charge in [0.25, 0.3) is 0 Å². The summed E-state index contributed by atoms with van der Waals surface area (Å²) in [5.41, 5.74) is 3.73. The summed E-state index contributed by atoms with van der Waals surface area (Å²) in [6.45, 7) is 0. The second-order valence-corrected chi connectivity index (χ2v) is 6.56. The van der Waals surface area contributed by atoms with Crippen LogP contribution in [0.15, 0.2) is 53.0 Å². The number of aryl methyl sites for hydroxylation is 1. The Balaban J connectivity index is 1.89. The van der Waals surface area contributed by atoms with Crippen molar-refractivity contribution in [2.75, 3.05) is 0 Å². The van der Waals surface area contributed by atoms with E-state index >= 15 is 0 Å². The molecule has 0 saturated heterocycles. The van der Waals surface area contributed by atoms with Crippen LogP contribution in [-0.4, -0.2) is 0 Å². The molecule has 0 radical (unpaired) electrons. The molecule has 1 aliphatic rings. The summed E-state index contributed by atoms with van der Waals surface area (Å²) in [6.07, 6.45) is 3.66. The third kappa shape index (κ3) is 2.64. The van der Waals surface area contributed by atoms with Gasteiger partial charge in [0.15, 0.2) is 0 Å². The minimum Gasteiger partial charge on any atom is -0.198 e. The summed E-state index contributed by atoms with van der Waals surface area (Å²) in [7, 11) is 0. The van der Waals surface area contributed by atoms with Crippen LogP contribution in [0, 0.1) is 16.7 Å². The lowest BCUT2D eigenvalue weighted by Gasteiger charge is -2.32. The SMILES string of the molecule is N#CC1(Cc2cccc(Br)c2)CCc2ccccc2C1. The average molecular weight is 326 g/mol. The molecule has 0 heterocycles. The highest BCUT2D eigenvalue weighted by Crippen LogP contribution is 2.38. The zero-order chi connectivity index (χ0) is 14.0. The zero-order valence-corrected chi connectivity index (χ0v) is 12.9. The normalized spacial score (nSPS) is 21.0. The van der Waals surface area contributed by atoms with Gasteiger partial charge in [-0.1, -0.05) is 52.3 Å². The van der Waals surface area contributed by atoms with E-state index in [9.17, 15) is 5.26 Å². The highest BCUT2D eigenvalue weighted by molar-refractivity contribution is 9.10. The van der Waals surface area contributed by atoms with E-state index in [1.54, 1.807) is 0 Å². The molecule has 20 heavy (non-hydrogen) atoms. The molecule has 0 spiro atoms. The van der Waals surface area contributed by atoms with E-state index in [0.717, 1.165) is 30.2 Å². The zero-order valence-electron chi connectivity index (χ0n) is 11.3. The Bertz CT molecular complexity index is 671. The van der Waals surface area contributed by atoms with Crippen LogP contribution in [0.3, 0.4) is 0 Å². The largest absolute Gasteiger partial charge is 0.198 e. The lowest BCUT2D eigenvalue weighted by Crippen LogP contribution is -2.29. The summed E-state index contributed by atoms with van der Waals surface area (Å²) < 4.78 is 1.08. The first kappa shape index (κ1) is 13.4. The highest BCUT2D eigenvalue weighted by atomic mass is 79.9. The summed E-state index contributed by atoms with van der Waals surface area (Å²) in [6, 6.07) is 19.4. The molecule has 1 aliphatic carbocycles. The number of fused-ring (bicyclic) bond motifs is 1. The smallest absolute Gasteiger partial charge is 0.0696 e. The Morgan fingerprint density at radius 3 is 2.65 bits per heavy atom. The maximum absolute atomic E-state index is 9.74. The molecule has 100 valence electrons. The van der Waals surface area contributed by atoms with Gasteiger partial charge in [0, 0.05) is 4.47 Å². The van der Waals surface area contributed by atoms with Crippen LogP contribution in [0.5, 0.6) is 0 Å². The Morgan fingerprint density at radius 2 is 1.90 bits per heavy atom. The summed E-state index contributed by atoms with van der Waals surface area (Å²) in [5, 5.41) is 9.74. The Kier molecular flexibility index (Phi) is 3.63. The maximum Gasteiger partial charge on any atom is 0.0696 e. The summed E-state index contributed by atoms with van der Waals surface area (Å²) in [4.78, 5) is 0. The Morgan fingerprint density at radius 1 is 1.10 bits per heavy atom. The van der Waals surface area contributed by atoms with Crippen LogP contribution < -0.4 is 0 Å². The first-order valence-corrected chi connectivity index (χ1v) is 7.73. The fourth-order valence-corrected chi connectivity index (χ4v) is 3.57. The van der Waals surface area contributed by atoms with Gasteiger partial charge in [0.05, 0.1) is 11.5 Å². The van der Waals surface area contributed by atoms with Crippen molar-refractivity contribution in [3.63, 3.8) is 0 Å². The van der Waals surface area contributed by atoms with E-state index in [0.29, 0.717) is 0 Å². The van der Waals surface area contributed by atoms with Gasteiger partial charge in [0.2, 0.25) is 0 Å². The van der Waals surface area contributed by atoms with Crippen LogP contribution >= 0.6 is 15.9 Å². The topological polar surface area (TPSA) is 23.8 Å². The molecule has 3 rings (SSSR count). The van der Waals surface area contributed by atoms with Crippen LogP contribution in [0.4, 0.5) is 0 Å². The van der Waals surface area contributed by atoms with Crippen molar-refractivity contribution in [2.24, 2.45) is 5.41 Å². The number of rotatable bonds is 2. The van der Waals surface area contributed by atoms with Crippen LogP contribution in [-0.2, 0) is 19.3 Å². The molecule has 0 amide bonds. The predicted octanol–water partition coefficient (Wildman–Crippen LogP) is 4.69. The number of halogens is 1. The molecule has 1 unspecified atom stereocenters. The van der Waals surface area contributed by atoms with E-state index in [2.05, 4.69) is 58.4 Å². The standard InChI is InChI=1S/C18H16BrN/c19-17-7-3-4-14(10-17)11-18(13-20)9-8-15-5-1-2-6-16(15)12-18/h1-7,10H,8-9,11-12H2. The number of benzene rings is 2. The van der Waals surface area contributed by atoms with Crippen LogP contribution in [0.25, 0.3) is 0 Å². The molecule has 1 nitrogen and oxygen atoms in total. The first-order chi connectivity index (χ1) is 9.71. The van der Waals surface area contributed by atoms with Gasteiger partial charge in [-0.2, -0.15) is 5.26 Å². The third-order valence-electron chi connectivity index (χ3n) is 4.19. The highest BCUT2D eigenvalue weighted by Gasteiger charge is 2.34. The molecule has 1 atom stereocenters. The van der Waals surface area contributed by atoms with Crippen molar-refractivity contribution >= 4 is 15.9 Å². The van der Waals surface area contributed by atoms with Gasteiger partial charge in [-0.05, 0) is 54.5 Å². The van der Waals surface area contributed by atoms with Crippen molar-refractivity contribution in [1.82, 2.24) is 0 Å². The monoisotopic (exact) mass is 325 g/mol. The first-order valence-electron chi connectivity index (χ1n) is 6.93. The molecule has 0 saturated carbocycles. The van der Waals surface area contributed by atoms with Gasteiger partial charge < -0.3 is 0 Å². The lowest BCUT2D eigenvalue weighted by atomic mass is 9.69. The molecule has 2 heteroatoms. The summed E-state index contributed by atoms with van der Waals surface area (Å²) >= 11 is 3.51. The minimum atomic E-state index is -0.255. The quantitative estimate of drug-likeness (QED) is 0.785. The maximum atomic E-state index is 9.74. The average Bonchev–Trinajstić information content (AvgIpc) is 2.47. The molecular formula is C18H16BrN. The van der Waals surface area contributed by atoms with Gasteiger partial charge >= 0.3 is 0 Å². The van der Waals surface area contributed by atoms with Crippen molar-refractivity contribution in [3.8, 4) is 6.07 Å². The lowest BCUT2D eigenvalue weighted by molar-refractivity contribution is 0.339. The van der Waals surface area contributed by atoms with Gasteiger partial charge in [0.1, 0.15) is 0 Å². The van der Waals surface area contributed by atoms with Crippen molar-refractivity contribution in [2.45, 2.75) is 25.7 Å². The number of hydrogen-bond donors (Lipinski definition) is 0. The predicted molar refractivity (Wildman–Crippen MR) is 84.4 cm³/mol. The van der Waals surface area contributed by atoms with E-state index in [1.165, 1.54) is 16.7 Å². The molecule has 0 aromatic heterocycles. The summed E-state index contributed by atoms with van der Waals surface area (Å²) in [5.74, 6) is 0. The molecule has 2 aromatic rings. The molecule has 0 bridgehead atoms. The van der Waals surface area contributed by atoms with E-state index in [1.807, 2.05) is 12.1 Å². The van der Waals surface area contributed by atoms with E-state index < -0.39 is 0 Å². The fourth-order valence-electron chi connectivity index (χ4n) is 3.12. The van der Waals surface area contributed by atoms with Gasteiger partial charge in [-0.3, -0.25) is 0 Å².